The first kappa shape index (κ1) is 15.5. The SMILES string of the molecule is CCn1nc(C)cc1C(=O)Nc1cc(C(N)=S)ccc1Cl. The third-order valence-corrected chi connectivity index (χ3v) is 3.50. The molecule has 3 N–H and O–H groups in total. The van der Waals surface area contributed by atoms with Gasteiger partial charge in [0.15, 0.2) is 0 Å². The van der Waals surface area contributed by atoms with Crippen LogP contribution in [0.5, 0.6) is 0 Å². The third-order valence-electron chi connectivity index (χ3n) is 2.93. The molecule has 7 heteroatoms. The van der Waals surface area contributed by atoms with Gasteiger partial charge in [0.25, 0.3) is 5.91 Å². The van der Waals surface area contributed by atoms with Gasteiger partial charge in [0.1, 0.15) is 10.7 Å². The van der Waals surface area contributed by atoms with E-state index in [1.54, 1.807) is 28.9 Å². The van der Waals surface area contributed by atoms with Crippen molar-refractivity contribution in [3.05, 3.63) is 46.2 Å². The van der Waals surface area contributed by atoms with Crippen molar-refractivity contribution in [1.82, 2.24) is 9.78 Å². The summed E-state index contributed by atoms with van der Waals surface area (Å²) in [7, 11) is 0. The molecule has 2 rings (SSSR count). The number of carbonyl (C=O) groups is 1. The van der Waals surface area contributed by atoms with Crippen LogP contribution in [-0.2, 0) is 6.54 Å². The number of nitrogens with zero attached hydrogens (tertiary/aromatic N) is 2. The van der Waals surface area contributed by atoms with Crippen molar-refractivity contribution < 1.29 is 4.79 Å². The van der Waals surface area contributed by atoms with Crippen LogP contribution in [0.3, 0.4) is 0 Å². The number of anilines is 1. The fourth-order valence-electron chi connectivity index (χ4n) is 1.93. The van der Waals surface area contributed by atoms with Gasteiger partial charge in [-0.3, -0.25) is 9.48 Å². The van der Waals surface area contributed by atoms with Crippen LogP contribution >= 0.6 is 23.8 Å². The Labute approximate surface area is 133 Å². The average Bonchev–Trinajstić information content (AvgIpc) is 2.82. The lowest BCUT2D eigenvalue weighted by Crippen LogP contribution is -2.18. The smallest absolute Gasteiger partial charge is 0.273 e. The molecule has 0 aliphatic rings. The number of carbonyl (C=O) groups excluding carboxylic acids is 1. The molecule has 1 aromatic carbocycles. The summed E-state index contributed by atoms with van der Waals surface area (Å²) in [6.45, 7) is 4.37. The minimum absolute atomic E-state index is 0.247. The van der Waals surface area contributed by atoms with Crippen LogP contribution in [0.1, 0.15) is 28.7 Å². The van der Waals surface area contributed by atoms with Gasteiger partial charge in [0, 0.05) is 12.1 Å². The van der Waals surface area contributed by atoms with E-state index in [2.05, 4.69) is 10.4 Å². The summed E-state index contributed by atoms with van der Waals surface area (Å²) >= 11 is 11.0. The van der Waals surface area contributed by atoms with Gasteiger partial charge >= 0.3 is 0 Å². The molecule has 5 nitrogen and oxygen atoms in total. The molecule has 0 saturated carbocycles. The molecule has 0 unspecified atom stereocenters. The van der Waals surface area contributed by atoms with E-state index in [1.165, 1.54) is 0 Å². The Bertz CT molecular complexity index is 711. The van der Waals surface area contributed by atoms with E-state index >= 15 is 0 Å². The second kappa shape index (κ2) is 6.24. The highest BCUT2D eigenvalue weighted by Gasteiger charge is 2.15. The lowest BCUT2D eigenvalue weighted by Gasteiger charge is -2.10. The Balaban J connectivity index is 2.31. The van der Waals surface area contributed by atoms with Gasteiger partial charge in [-0.2, -0.15) is 5.10 Å². The molecule has 1 aromatic heterocycles. The highest BCUT2D eigenvalue weighted by molar-refractivity contribution is 7.80. The Morgan fingerprint density at radius 3 is 2.81 bits per heavy atom. The molecule has 0 fully saturated rings. The number of nitrogens with one attached hydrogen (secondary N) is 1. The summed E-state index contributed by atoms with van der Waals surface area (Å²) in [5.74, 6) is -0.278. The zero-order valence-electron chi connectivity index (χ0n) is 11.7. The molecule has 0 radical (unpaired) electrons. The number of benzene rings is 1. The van der Waals surface area contributed by atoms with Crippen molar-refractivity contribution in [3.8, 4) is 0 Å². The second-order valence-corrected chi connectivity index (χ2v) is 5.35. The maximum absolute atomic E-state index is 12.3. The molecule has 2 aromatic rings. The molecule has 1 amide bonds. The van der Waals surface area contributed by atoms with Crippen LogP contribution in [0.2, 0.25) is 5.02 Å². The molecule has 110 valence electrons. The van der Waals surface area contributed by atoms with Crippen molar-refractivity contribution in [2.24, 2.45) is 5.73 Å². The lowest BCUT2D eigenvalue weighted by atomic mass is 10.2. The Morgan fingerprint density at radius 2 is 2.19 bits per heavy atom. The first-order chi connectivity index (χ1) is 9.92. The Kier molecular flexibility index (Phi) is 4.59. The number of aromatic nitrogens is 2. The standard InChI is InChI=1S/C14H15ClN4OS/c1-3-19-12(6-8(2)18-19)14(20)17-11-7-9(13(16)21)4-5-10(11)15/h4-7H,3H2,1-2H3,(H2,16,21)(H,17,20). The minimum Gasteiger partial charge on any atom is -0.389 e. The molecule has 0 spiro atoms. The fraction of sp³-hybridized carbons (Fsp3) is 0.214. The highest BCUT2D eigenvalue weighted by atomic mass is 35.5. The van der Waals surface area contributed by atoms with E-state index in [9.17, 15) is 4.79 Å². The van der Waals surface area contributed by atoms with Crippen LogP contribution < -0.4 is 11.1 Å². The van der Waals surface area contributed by atoms with Gasteiger partial charge in [-0.15, -0.1) is 0 Å². The predicted molar refractivity (Wildman–Crippen MR) is 87.9 cm³/mol. The molecule has 0 aliphatic carbocycles. The Morgan fingerprint density at radius 1 is 1.48 bits per heavy atom. The number of halogens is 1. The molecular formula is C14H15ClN4OS. The number of aryl methyl sites for hydroxylation is 2. The Hall–Kier alpha value is -1.92. The van der Waals surface area contributed by atoms with Gasteiger partial charge in [-0.25, -0.2) is 0 Å². The van der Waals surface area contributed by atoms with E-state index in [0.717, 1.165) is 5.69 Å². The number of thiocarbonyl (C=S) groups is 1. The van der Waals surface area contributed by atoms with E-state index in [-0.39, 0.29) is 10.9 Å². The summed E-state index contributed by atoms with van der Waals surface area (Å²) in [6, 6.07) is 6.74. The molecule has 21 heavy (non-hydrogen) atoms. The van der Waals surface area contributed by atoms with Crippen LogP contribution in [0, 0.1) is 6.92 Å². The zero-order chi connectivity index (χ0) is 15.6. The van der Waals surface area contributed by atoms with Crippen LogP contribution in [0.4, 0.5) is 5.69 Å². The first-order valence-electron chi connectivity index (χ1n) is 6.37. The van der Waals surface area contributed by atoms with Crippen molar-refractivity contribution in [2.45, 2.75) is 20.4 Å². The van der Waals surface area contributed by atoms with Crippen LogP contribution in [-0.4, -0.2) is 20.7 Å². The van der Waals surface area contributed by atoms with Crippen LogP contribution in [0.25, 0.3) is 0 Å². The normalized spacial score (nSPS) is 10.4. The molecular weight excluding hydrogens is 308 g/mol. The third kappa shape index (κ3) is 3.40. The van der Waals surface area contributed by atoms with Crippen LogP contribution in [0.15, 0.2) is 24.3 Å². The average molecular weight is 323 g/mol. The van der Waals surface area contributed by atoms with E-state index in [4.69, 9.17) is 29.6 Å². The molecule has 0 saturated heterocycles. The summed E-state index contributed by atoms with van der Waals surface area (Å²) in [4.78, 5) is 12.6. The molecule has 0 aliphatic heterocycles. The van der Waals surface area contributed by atoms with Gasteiger partial charge in [0.05, 0.1) is 16.4 Å². The number of rotatable bonds is 4. The number of amides is 1. The lowest BCUT2D eigenvalue weighted by molar-refractivity contribution is 0.101. The predicted octanol–water partition coefficient (Wildman–Crippen LogP) is 2.75. The maximum Gasteiger partial charge on any atom is 0.273 e. The number of nitrogens with two attached hydrogens (primary N) is 1. The van der Waals surface area contributed by atoms with Crippen molar-refractivity contribution in [1.29, 1.82) is 0 Å². The monoisotopic (exact) mass is 322 g/mol. The summed E-state index contributed by atoms with van der Waals surface area (Å²) in [6.07, 6.45) is 0. The number of hydrogen-bond donors (Lipinski definition) is 2. The second-order valence-electron chi connectivity index (χ2n) is 4.50. The van der Waals surface area contributed by atoms with E-state index < -0.39 is 0 Å². The maximum atomic E-state index is 12.3. The largest absolute Gasteiger partial charge is 0.389 e. The summed E-state index contributed by atoms with van der Waals surface area (Å²) < 4.78 is 1.63. The topological polar surface area (TPSA) is 72.9 Å². The molecule has 0 atom stereocenters. The van der Waals surface area contributed by atoms with Crippen molar-refractivity contribution in [2.75, 3.05) is 5.32 Å². The van der Waals surface area contributed by atoms with Crippen molar-refractivity contribution in [3.63, 3.8) is 0 Å². The zero-order valence-corrected chi connectivity index (χ0v) is 13.3. The number of hydrogen-bond acceptors (Lipinski definition) is 3. The quantitative estimate of drug-likeness (QED) is 0.849. The minimum atomic E-state index is -0.278. The molecule has 1 heterocycles. The van der Waals surface area contributed by atoms with Gasteiger partial charge in [-0.1, -0.05) is 29.9 Å². The molecule has 0 bridgehead atoms. The fourth-order valence-corrected chi connectivity index (χ4v) is 2.22. The summed E-state index contributed by atoms with van der Waals surface area (Å²) in [5.41, 5.74) is 7.96. The first-order valence-corrected chi connectivity index (χ1v) is 7.16. The van der Waals surface area contributed by atoms with E-state index in [0.29, 0.717) is 28.5 Å². The summed E-state index contributed by atoms with van der Waals surface area (Å²) in [5, 5.41) is 7.42. The van der Waals surface area contributed by atoms with Crippen molar-refractivity contribution >= 4 is 40.4 Å². The van der Waals surface area contributed by atoms with Gasteiger partial charge < -0.3 is 11.1 Å². The highest BCUT2D eigenvalue weighted by Crippen LogP contribution is 2.24. The van der Waals surface area contributed by atoms with E-state index in [1.807, 2.05) is 13.8 Å². The van der Waals surface area contributed by atoms with Gasteiger partial charge in [-0.05, 0) is 32.0 Å². The van der Waals surface area contributed by atoms with Gasteiger partial charge in [0.2, 0.25) is 0 Å².